The lowest BCUT2D eigenvalue weighted by Crippen LogP contribution is -2.28. The van der Waals surface area contributed by atoms with Crippen LogP contribution in [0.3, 0.4) is 0 Å². The van der Waals surface area contributed by atoms with Crippen LogP contribution in [0.4, 0.5) is 5.95 Å². The number of nitrogens with one attached hydrogen (secondary N) is 3. The number of rotatable bonds is 7. The van der Waals surface area contributed by atoms with Gasteiger partial charge >= 0.3 is 0 Å². The van der Waals surface area contributed by atoms with E-state index >= 15 is 0 Å². The second kappa shape index (κ2) is 8.29. The van der Waals surface area contributed by atoms with Crippen LogP contribution in [-0.4, -0.2) is 29.9 Å². The lowest BCUT2D eigenvalue weighted by atomic mass is 9.99. The Morgan fingerprint density at radius 1 is 1.17 bits per heavy atom. The maximum atomic E-state index is 13.4. The summed E-state index contributed by atoms with van der Waals surface area (Å²) in [6, 6.07) is 11.2. The van der Waals surface area contributed by atoms with Gasteiger partial charge in [-0.05, 0) is 60.6 Å². The largest absolute Gasteiger partial charge is 0.349 e. The second-order valence-corrected chi connectivity index (χ2v) is 11.9. The van der Waals surface area contributed by atoms with Crippen LogP contribution in [0.15, 0.2) is 47.5 Å². The molecule has 0 spiro atoms. The van der Waals surface area contributed by atoms with Crippen LogP contribution in [0.5, 0.6) is 0 Å². The van der Waals surface area contributed by atoms with E-state index in [1.807, 2.05) is 50.4 Å². The van der Waals surface area contributed by atoms with Crippen LogP contribution in [0, 0.1) is 5.92 Å². The maximum Gasteiger partial charge on any atom is 0.241 e. The van der Waals surface area contributed by atoms with Gasteiger partial charge in [-0.2, -0.15) is 0 Å². The summed E-state index contributed by atoms with van der Waals surface area (Å²) >= 11 is 0. The van der Waals surface area contributed by atoms with Crippen LogP contribution in [0.2, 0.25) is 0 Å². The SMILES string of the molecule is CC(C)CNS(=O)(=O)c1cc2c(c3cnc(C4CC4)cc13)[C@H](Nc1nc3ccccc3[nH]1)C[C@H]2N. The number of benzene rings is 2. The Morgan fingerprint density at radius 3 is 2.71 bits per heavy atom. The minimum absolute atomic E-state index is 0.114. The third-order valence-electron chi connectivity index (χ3n) is 6.98. The zero-order chi connectivity index (χ0) is 24.3. The minimum Gasteiger partial charge on any atom is -0.349 e. The number of imidazole rings is 1. The fraction of sp³-hybridized carbons (Fsp3) is 0.385. The molecule has 0 radical (unpaired) electrons. The van der Waals surface area contributed by atoms with Gasteiger partial charge in [0.1, 0.15) is 0 Å². The molecular formula is C26H30N6O2S. The first-order valence-corrected chi connectivity index (χ1v) is 13.7. The fourth-order valence-corrected chi connectivity index (χ4v) is 6.48. The molecule has 2 aliphatic carbocycles. The standard InChI is InChI=1S/C26H30N6O2S/c1-14(2)12-29-35(33,34)24-10-17-19(27)11-23(32-26-30-20-5-3-4-6-21(20)31-26)25(17)18-13-28-22(9-16(18)24)15-7-8-15/h3-6,9-10,13-15,19,23,29H,7-8,11-12,27H2,1-2H3,(H2,30,31,32)/t19-,23-/m1/s1. The molecule has 2 aliphatic rings. The van der Waals surface area contributed by atoms with Crippen molar-refractivity contribution in [3.8, 4) is 0 Å². The molecular weight excluding hydrogens is 460 g/mol. The normalized spacial score (nSPS) is 20.1. The molecule has 8 nitrogen and oxygen atoms in total. The number of para-hydroxylation sites is 2. The molecule has 6 rings (SSSR count). The van der Waals surface area contributed by atoms with Gasteiger partial charge in [0.15, 0.2) is 0 Å². The number of fused-ring (bicyclic) bond motifs is 4. The Kier molecular flexibility index (Phi) is 5.32. The molecule has 0 amide bonds. The Morgan fingerprint density at radius 2 is 1.97 bits per heavy atom. The number of sulfonamides is 1. The van der Waals surface area contributed by atoms with Crippen molar-refractivity contribution in [2.45, 2.75) is 56.0 Å². The van der Waals surface area contributed by atoms with E-state index in [1.165, 1.54) is 0 Å². The van der Waals surface area contributed by atoms with Crippen molar-refractivity contribution in [3.05, 3.63) is 59.4 Å². The molecule has 2 aromatic heterocycles. The van der Waals surface area contributed by atoms with Crippen molar-refractivity contribution in [2.24, 2.45) is 11.7 Å². The van der Waals surface area contributed by atoms with Gasteiger partial charge in [0, 0.05) is 41.2 Å². The number of nitrogens with two attached hydrogens (primary N) is 1. The summed E-state index contributed by atoms with van der Waals surface area (Å²) in [4.78, 5) is 13.0. The summed E-state index contributed by atoms with van der Waals surface area (Å²) in [7, 11) is -3.71. The van der Waals surface area contributed by atoms with Gasteiger partial charge in [-0.15, -0.1) is 0 Å². The number of aromatic nitrogens is 3. The van der Waals surface area contributed by atoms with Crippen molar-refractivity contribution < 1.29 is 8.42 Å². The van der Waals surface area contributed by atoms with Crippen molar-refractivity contribution >= 4 is 37.8 Å². The molecule has 0 bridgehead atoms. The molecule has 182 valence electrons. The molecule has 5 N–H and O–H groups in total. The monoisotopic (exact) mass is 490 g/mol. The lowest BCUT2D eigenvalue weighted by Gasteiger charge is -2.18. The van der Waals surface area contributed by atoms with E-state index in [0.717, 1.165) is 46.1 Å². The van der Waals surface area contributed by atoms with Crippen molar-refractivity contribution in [2.75, 3.05) is 11.9 Å². The molecule has 0 unspecified atom stereocenters. The van der Waals surface area contributed by atoms with Crippen LogP contribution in [0.1, 0.15) is 67.9 Å². The van der Waals surface area contributed by atoms with E-state index < -0.39 is 10.0 Å². The lowest BCUT2D eigenvalue weighted by molar-refractivity contribution is 0.560. The van der Waals surface area contributed by atoms with E-state index in [2.05, 4.69) is 20.0 Å². The first kappa shape index (κ1) is 22.5. The van der Waals surface area contributed by atoms with Crippen LogP contribution in [0.25, 0.3) is 21.8 Å². The van der Waals surface area contributed by atoms with Crippen molar-refractivity contribution in [1.29, 1.82) is 0 Å². The van der Waals surface area contributed by atoms with Gasteiger partial charge in [0.25, 0.3) is 0 Å². The van der Waals surface area contributed by atoms with Gasteiger partial charge in [0.2, 0.25) is 16.0 Å². The van der Waals surface area contributed by atoms with Crippen molar-refractivity contribution in [1.82, 2.24) is 19.7 Å². The number of hydrogen-bond donors (Lipinski definition) is 4. The van der Waals surface area contributed by atoms with E-state index in [4.69, 9.17) is 10.7 Å². The zero-order valence-corrected chi connectivity index (χ0v) is 20.7. The molecule has 0 aliphatic heterocycles. The summed E-state index contributed by atoms with van der Waals surface area (Å²) in [5, 5.41) is 5.06. The zero-order valence-electron chi connectivity index (χ0n) is 19.9. The number of pyridine rings is 1. The van der Waals surface area contributed by atoms with Gasteiger partial charge in [-0.25, -0.2) is 18.1 Å². The van der Waals surface area contributed by atoms with Gasteiger partial charge < -0.3 is 16.0 Å². The average molecular weight is 491 g/mol. The van der Waals surface area contributed by atoms with Gasteiger partial charge in [-0.1, -0.05) is 26.0 Å². The topological polar surface area (TPSA) is 126 Å². The molecule has 2 atom stereocenters. The quantitative estimate of drug-likeness (QED) is 0.303. The highest BCUT2D eigenvalue weighted by Crippen LogP contribution is 2.46. The number of hydrogen-bond acceptors (Lipinski definition) is 6. The van der Waals surface area contributed by atoms with E-state index in [-0.39, 0.29) is 22.9 Å². The molecule has 1 saturated carbocycles. The highest BCUT2D eigenvalue weighted by atomic mass is 32.2. The van der Waals surface area contributed by atoms with E-state index in [1.54, 1.807) is 6.07 Å². The Bertz CT molecular complexity index is 1510. The predicted molar refractivity (Wildman–Crippen MR) is 138 cm³/mol. The molecule has 35 heavy (non-hydrogen) atoms. The van der Waals surface area contributed by atoms with Crippen LogP contribution < -0.4 is 15.8 Å². The Labute approximate surface area is 204 Å². The first-order chi connectivity index (χ1) is 16.8. The summed E-state index contributed by atoms with van der Waals surface area (Å²) in [6.07, 6.45) is 4.67. The summed E-state index contributed by atoms with van der Waals surface area (Å²) in [5.74, 6) is 1.29. The summed E-state index contributed by atoms with van der Waals surface area (Å²) in [5.41, 5.74) is 11.2. The third kappa shape index (κ3) is 4.07. The fourth-order valence-electron chi connectivity index (χ4n) is 5.03. The Hall–Kier alpha value is -3.01. The van der Waals surface area contributed by atoms with E-state index in [0.29, 0.717) is 30.2 Å². The van der Waals surface area contributed by atoms with Crippen molar-refractivity contribution in [3.63, 3.8) is 0 Å². The van der Waals surface area contributed by atoms with Gasteiger partial charge in [0.05, 0.1) is 22.0 Å². The maximum absolute atomic E-state index is 13.4. The van der Waals surface area contributed by atoms with Gasteiger partial charge in [-0.3, -0.25) is 4.98 Å². The second-order valence-electron chi connectivity index (χ2n) is 10.2. The number of H-pyrrole nitrogens is 1. The smallest absolute Gasteiger partial charge is 0.241 e. The third-order valence-corrected chi connectivity index (χ3v) is 8.45. The summed E-state index contributed by atoms with van der Waals surface area (Å²) in [6.45, 7) is 4.36. The summed E-state index contributed by atoms with van der Waals surface area (Å²) < 4.78 is 29.6. The molecule has 0 saturated heterocycles. The molecule has 9 heteroatoms. The number of anilines is 1. The number of nitrogens with zero attached hydrogens (tertiary/aromatic N) is 2. The highest BCUT2D eigenvalue weighted by molar-refractivity contribution is 7.89. The predicted octanol–water partition coefficient (Wildman–Crippen LogP) is 4.48. The average Bonchev–Trinajstić information content (AvgIpc) is 3.53. The number of aromatic amines is 1. The molecule has 2 aromatic carbocycles. The highest BCUT2D eigenvalue weighted by Gasteiger charge is 2.35. The minimum atomic E-state index is -3.71. The van der Waals surface area contributed by atoms with E-state index in [9.17, 15) is 8.42 Å². The Balaban J connectivity index is 1.48. The molecule has 4 aromatic rings. The van der Waals surface area contributed by atoms with Crippen LogP contribution >= 0.6 is 0 Å². The van der Waals surface area contributed by atoms with Crippen LogP contribution in [-0.2, 0) is 10.0 Å². The molecule has 2 heterocycles. The molecule has 1 fully saturated rings. The first-order valence-electron chi connectivity index (χ1n) is 12.2.